The van der Waals surface area contributed by atoms with Gasteiger partial charge in [0.2, 0.25) is 0 Å². The lowest BCUT2D eigenvalue weighted by Gasteiger charge is -2.43. The minimum Gasteiger partial charge on any atom is -0.329 e. The van der Waals surface area contributed by atoms with Gasteiger partial charge in [0, 0.05) is 30.3 Å². The molecule has 1 saturated carbocycles. The Morgan fingerprint density at radius 3 is 2.33 bits per heavy atom. The Hall–Kier alpha value is -1.00. The first kappa shape index (κ1) is 16.4. The molecule has 0 heterocycles. The van der Waals surface area contributed by atoms with Crippen LogP contribution in [0.4, 0.5) is 8.78 Å². The van der Waals surface area contributed by atoms with Crippen LogP contribution in [0.15, 0.2) is 18.2 Å². The number of benzene rings is 1. The van der Waals surface area contributed by atoms with Crippen molar-refractivity contribution in [1.82, 2.24) is 4.90 Å². The maximum absolute atomic E-state index is 13.9. The number of halogens is 2. The molecule has 0 unspecified atom stereocenters. The number of hydrogen-bond donors (Lipinski definition) is 1. The first-order chi connectivity index (χ1) is 10.1. The van der Waals surface area contributed by atoms with Gasteiger partial charge in [-0.15, -0.1) is 0 Å². The van der Waals surface area contributed by atoms with E-state index in [1.807, 2.05) is 0 Å². The lowest BCUT2D eigenvalue weighted by molar-refractivity contribution is 0.0745. The number of rotatable bonds is 5. The maximum Gasteiger partial charge on any atom is 0.130 e. The van der Waals surface area contributed by atoms with Crippen LogP contribution in [0, 0.1) is 11.6 Å². The van der Waals surface area contributed by atoms with Crippen molar-refractivity contribution >= 4 is 0 Å². The van der Waals surface area contributed by atoms with E-state index in [1.54, 1.807) is 6.07 Å². The molecule has 1 aromatic carbocycles. The van der Waals surface area contributed by atoms with Crippen LogP contribution < -0.4 is 5.73 Å². The quantitative estimate of drug-likeness (QED) is 0.837. The van der Waals surface area contributed by atoms with Crippen LogP contribution >= 0.6 is 0 Å². The fourth-order valence-corrected chi connectivity index (χ4v) is 3.51. The van der Waals surface area contributed by atoms with Crippen molar-refractivity contribution in [1.29, 1.82) is 0 Å². The van der Waals surface area contributed by atoms with Crippen molar-refractivity contribution in [3.63, 3.8) is 0 Å². The molecule has 1 aliphatic rings. The van der Waals surface area contributed by atoms with Gasteiger partial charge in [0.1, 0.15) is 11.6 Å². The third kappa shape index (κ3) is 3.80. The second-order valence-corrected chi connectivity index (χ2v) is 6.09. The standard InChI is InChI=1S/C17H26F2N2/c1-2-21(12-14-7-8-15(18)11-16(14)19)17(13-20)9-5-3-4-6-10-17/h7-8,11H,2-6,9-10,12-13,20H2,1H3. The van der Waals surface area contributed by atoms with Gasteiger partial charge in [-0.3, -0.25) is 4.90 Å². The van der Waals surface area contributed by atoms with E-state index < -0.39 is 11.6 Å². The summed E-state index contributed by atoms with van der Waals surface area (Å²) < 4.78 is 27.0. The molecular formula is C17H26F2N2. The summed E-state index contributed by atoms with van der Waals surface area (Å²) in [6, 6.07) is 3.84. The summed E-state index contributed by atoms with van der Waals surface area (Å²) in [7, 11) is 0. The van der Waals surface area contributed by atoms with E-state index in [2.05, 4.69) is 11.8 Å². The first-order valence-corrected chi connectivity index (χ1v) is 8.00. The summed E-state index contributed by atoms with van der Waals surface area (Å²) >= 11 is 0. The van der Waals surface area contributed by atoms with Crippen LogP contribution in [0.2, 0.25) is 0 Å². The van der Waals surface area contributed by atoms with E-state index in [0.717, 1.165) is 25.5 Å². The molecule has 0 radical (unpaired) electrons. The second-order valence-electron chi connectivity index (χ2n) is 6.09. The lowest BCUT2D eigenvalue weighted by Crippen LogP contribution is -2.53. The third-order valence-corrected chi connectivity index (χ3v) is 4.84. The monoisotopic (exact) mass is 296 g/mol. The topological polar surface area (TPSA) is 29.3 Å². The molecule has 0 bridgehead atoms. The summed E-state index contributed by atoms with van der Waals surface area (Å²) in [6.45, 7) is 4.02. The van der Waals surface area contributed by atoms with Gasteiger partial charge in [0.25, 0.3) is 0 Å². The number of hydrogen-bond acceptors (Lipinski definition) is 2. The van der Waals surface area contributed by atoms with Gasteiger partial charge < -0.3 is 5.73 Å². The van der Waals surface area contributed by atoms with Gasteiger partial charge in [-0.2, -0.15) is 0 Å². The predicted molar refractivity (Wildman–Crippen MR) is 81.9 cm³/mol. The van der Waals surface area contributed by atoms with Gasteiger partial charge in [-0.05, 0) is 25.5 Å². The minimum absolute atomic E-state index is 0.0356. The molecule has 0 aromatic heterocycles. The van der Waals surface area contributed by atoms with E-state index in [-0.39, 0.29) is 5.54 Å². The molecule has 0 atom stereocenters. The largest absolute Gasteiger partial charge is 0.329 e. The zero-order valence-electron chi connectivity index (χ0n) is 12.9. The van der Waals surface area contributed by atoms with E-state index in [1.165, 1.54) is 31.7 Å². The Balaban J connectivity index is 2.20. The van der Waals surface area contributed by atoms with Crippen LogP contribution in [0.3, 0.4) is 0 Å². The molecule has 2 nitrogen and oxygen atoms in total. The fraction of sp³-hybridized carbons (Fsp3) is 0.647. The van der Waals surface area contributed by atoms with Crippen molar-refractivity contribution in [2.24, 2.45) is 5.73 Å². The predicted octanol–water partition coefficient (Wildman–Crippen LogP) is 3.84. The molecule has 2 rings (SSSR count). The fourth-order valence-electron chi connectivity index (χ4n) is 3.51. The molecule has 21 heavy (non-hydrogen) atoms. The summed E-state index contributed by atoms with van der Waals surface area (Å²) in [4.78, 5) is 2.29. The average molecular weight is 296 g/mol. The Morgan fingerprint density at radius 1 is 1.14 bits per heavy atom. The third-order valence-electron chi connectivity index (χ3n) is 4.84. The van der Waals surface area contributed by atoms with Crippen molar-refractivity contribution < 1.29 is 8.78 Å². The summed E-state index contributed by atoms with van der Waals surface area (Å²) in [5.74, 6) is -0.989. The highest BCUT2D eigenvalue weighted by Gasteiger charge is 2.35. The van der Waals surface area contributed by atoms with Crippen LogP contribution in [0.25, 0.3) is 0 Å². The summed E-state index contributed by atoms with van der Waals surface area (Å²) in [5.41, 5.74) is 6.62. The molecule has 0 saturated heterocycles. The summed E-state index contributed by atoms with van der Waals surface area (Å²) in [5, 5.41) is 0. The van der Waals surface area contributed by atoms with Crippen molar-refractivity contribution in [2.75, 3.05) is 13.1 Å². The lowest BCUT2D eigenvalue weighted by atomic mass is 9.87. The van der Waals surface area contributed by atoms with E-state index in [0.29, 0.717) is 18.7 Å². The van der Waals surface area contributed by atoms with Gasteiger partial charge >= 0.3 is 0 Å². The first-order valence-electron chi connectivity index (χ1n) is 8.00. The number of nitrogens with two attached hydrogens (primary N) is 1. The van der Waals surface area contributed by atoms with Gasteiger partial charge in [-0.25, -0.2) is 8.78 Å². The van der Waals surface area contributed by atoms with Crippen LogP contribution in [0.1, 0.15) is 51.0 Å². The molecule has 4 heteroatoms. The molecule has 1 aromatic rings. The molecular weight excluding hydrogens is 270 g/mol. The smallest absolute Gasteiger partial charge is 0.130 e. The van der Waals surface area contributed by atoms with E-state index >= 15 is 0 Å². The summed E-state index contributed by atoms with van der Waals surface area (Å²) in [6.07, 6.45) is 7.01. The number of nitrogens with zero attached hydrogens (tertiary/aromatic N) is 1. The zero-order chi connectivity index (χ0) is 15.3. The minimum atomic E-state index is -0.526. The molecule has 2 N–H and O–H groups in total. The molecule has 1 aliphatic carbocycles. The Morgan fingerprint density at radius 2 is 1.81 bits per heavy atom. The molecule has 0 aliphatic heterocycles. The van der Waals surface area contributed by atoms with Gasteiger partial charge in [0.15, 0.2) is 0 Å². The molecule has 0 amide bonds. The number of likely N-dealkylation sites (N-methyl/N-ethyl adjacent to an activating group) is 1. The van der Waals surface area contributed by atoms with Crippen LogP contribution in [0.5, 0.6) is 0 Å². The Bertz CT molecular complexity index is 454. The molecule has 0 spiro atoms. The highest BCUT2D eigenvalue weighted by molar-refractivity contribution is 5.19. The zero-order valence-corrected chi connectivity index (χ0v) is 12.9. The van der Waals surface area contributed by atoms with Gasteiger partial charge in [0.05, 0.1) is 0 Å². The van der Waals surface area contributed by atoms with E-state index in [9.17, 15) is 8.78 Å². The van der Waals surface area contributed by atoms with E-state index in [4.69, 9.17) is 5.73 Å². The van der Waals surface area contributed by atoms with Crippen LogP contribution in [-0.2, 0) is 6.54 Å². The normalized spacial score (nSPS) is 18.7. The average Bonchev–Trinajstić information content (AvgIpc) is 2.73. The molecule has 1 fully saturated rings. The van der Waals surface area contributed by atoms with Crippen LogP contribution in [-0.4, -0.2) is 23.5 Å². The Kier molecular flexibility index (Phi) is 5.71. The maximum atomic E-state index is 13.9. The van der Waals surface area contributed by atoms with Gasteiger partial charge in [-0.1, -0.05) is 38.7 Å². The van der Waals surface area contributed by atoms with Crippen molar-refractivity contribution in [3.05, 3.63) is 35.4 Å². The Labute approximate surface area is 126 Å². The van der Waals surface area contributed by atoms with Crippen molar-refractivity contribution in [2.45, 2.75) is 57.5 Å². The molecule has 118 valence electrons. The highest BCUT2D eigenvalue weighted by atomic mass is 19.1. The SMILES string of the molecule is CCN(Cc1ccc(F)cc1F)C1(CN)CCCCCC1. The second kappa shape index (κ2) is 7.32. The highest BCUT2D eigenvalue weighted by Crippen LogP contribution is 2.33. The van der Waals surface area contributed by atoms with Crippen molar-refractivity contribution in [3.8, 4) is 0 Å².